The molecule has 1 aromatic rings. The van der Waals surface area contributed by atoms with Gasteiger partial charge in [-0.3, -0.25) is 0 Å². The van der Waals surface area contributed by atoms with Crippen LogP contribution >= 0.6 is 0 Å². The van der Waals surface area contributed by atoms with Gasteiger partial charge >= 0.3 is 0 Å². The van der Waals surface area contributed by atoms with E-state index in [1.165, 1.54) is 6.42 Å². The van der Waals surface area contributed by atoms with Gasteiger partial charge in [0.05, 0.1) is 5.54 Å². The van der Waals surface area contributed by atoms with Crippen LogP contribution in [-0.4, -0.2) is 16.7 Å². The van der Waals surface area contributed by atoms with Gasteiger partial charge < -0.3 is 15.0 Å². The molecule has 0 spiro atoms. The summed E-state index contributed by atoms with van der Waals surface area (Å²) in [7, 11) is 0. The van der Waals surface area contributed by atoms with Crippen LogP contribution < -0.4 is 5.73 Å². The Hall–Kier alpha value is -0.940. The molecule has 0 aliphatic heterocycles. The molecular formula is C12H21N3O2. The fourth-order valence-electron chi connectivity index (χ4n) is 2.50. The summed E-state index contributed by atoms with van der Waals surface area (Å²) in [5, 5.41) is 4.01. The molecule has 2 N–H and O–H groups in total. The van der Waals surface area contributed by atoms with Gasteiger partial charge in [0.2, 0.25) is 0 Å². The second-order valence-corrected chi connectivity index (χ2v) is 5.01. The van der Waals surface area contributed by atoms with Gasteiger partial charge in [0.25, 0.3) is 5.89 Å². The molecule has 0 radical (unpaired) electrons. The lowest BCUT2D eigenvalue weighted by molar-refractivity contribution is 0.109. The van der Waals surface area contributed by atoms with Crippen LogP contribution in [0.25, 0.3) is 0 Å². The third kappa shape index (κ3) is 2.84. The second kappa shape index (κ2) is 5.14. The van der Waals surface area contributed by atoms with Gasteiger partial charge in [0.1, 0.15) is 6.61 Å². The average Bonchev–Trinajstić information content (AvgIpc) is 2.75. The predicted octanol–water partition coefficient (Wildman–Crippen LogP) is 1.97. The Kier molecular flexibility index (Phi) is 3.79. The lowest BCUT2D eigenvalue weighted by Gasteiger charge is -2.33. The summed E-state index contributed by atoms with van der Waals surface area (Å²) in [6, 6.07) is 0. The van der Waals surface area contributed by atoms with E-state index in [2.05, 4.69) is 17.1 Å². The van der Waals surface area contributed by atoms with Gasteiger partial charge in [-0.2, -0.15) is 4.98 Å². The van der Waals surface area contributed by atoms with Crippen molar-refractivity contribution in [1.29, 1.82) is 0 Å². The molecule has 5 heteroatoms. The van der Waals surface area contributed by atoms with Crippen LogP contribution in [0.3, 0.4) is 0 Å². The molecule has 96 valence electrons. The number of nitrogens with zero attached hydrogens (tertiary/aromatic N) is 2. The maximum atomic E-state index is 6.39. The van der Waals surface area contributed by atoms with E-state index in [4.69, 9.17) is 15.0 Å². The van der Waals surface area contributed by atoms with E-state index in [-0.39, 0.29) is 0 Å². The molecule has 1 heterocycles. The minimum atomic E-state index is -0.411. The molecule has 2 rings (SSSR count). The van der Waals surface area contributed by atoms with Crippen molar-refractivity contribution in [3.05, 3.63) is 11.7 Å². The standard InChI is InChI=1S/C12H21N3O2/c1-3-16-8-10-14-11(15-17-10)12(13)6-4-5-9(2)7-12/h9H,3-8,13H2,1-2H3. The van der Waals surface area contributed by atoms with Crippen molar-refractivity contribution in [2.45, 2.75) is 51.7 Å². The van der Waals surface area contributed by atoms with Crippen LogP contribution in [0.4, 0.5) is 0 Å². The van der Waals surface area contributed by atoms with Gasteiger partial charge in [-0.15, -0.1) is 0 Å². The molecule has 1 aliphatic rings. The molecule has 1 aliphatic carbocycles. The highest BCUT2D eigenvalue weighted by Gasteiger charge is 2.36. The fraction of sp³-hybridized carbons (Fsp3) is 0.833. The van der Waals surface area contributed by atoms with Gasteiger partial charge in [-0.1, -0.05) is 24.9 Å². The molecule has 2 unspecified atom stereocenters. The number of hydrogen-bond donors (Lipinski definition) is 1. The highest BCUT2D eigenvalue weighted by atomic mass is 16.5. The van der Waals surface area contributed by atoms with Crippen LogP contribution in [-0.2, 0) is 16.9 Å². The molecule has 1 aromatic heterocycles. The highest BCUT2D eigenvalue weighted by molar-refractivity contribution is 5.05. The second-order valence-electron chi connectivity index (χ2n) is 5.01. The summed E-state index contributed by atoms with van der Waals surface area (Å²) in [5.41, 5.74) is 5.98. The van der Waals surface area contributed by atoms with Crippen LogP contribution in [0.15, 0.2) is 4.52 Å². The maximum absolute atomic E-state index is 6.39. The number of hydrogen-bond acceptors (Lipinski definition) is 5. The number of ether oxygens (including phenoxy) is 1. The first-order valence-electron chi connectivity index (χ1n) is 6.34. The Bertz CT molecular complexity index is 366. The number of aromatic nitrogens is 2. The molecule has 2 atom stereocenters. The van der Waals surface area contributed by atoms with E-state index in [9.17, 15) is 0 Å². The van der Waals surface area contributed by atoms with E-state index >= 15 is 0 Å². The largest absolute Gasteiger partial charge is 0.372 e. The normalized spacial score (nSPS) is 29.5. The first kappa shape index (κ1) is 12.5. The first-order chi connectivity index (χ1) is 8.14. The van der Waals surface area contributed by atoms with Crippen molar-refractivity contribution >= 4 is 0 Å². The summed E-state index contributed by atoms with van der Waals surface area (Å²) in [6.45, 7) is 5.17. The number of rotatable bonds is 4. The topological polar surface area (TPSA) is 74.2 Å². The quantitative estimate of drug-likeness (QED) is 0.869. The Morgan fingerprint density at radius 2 is 2.41 bits per heavy atom. The van der Waals surface area contributed by atoms with E-state index in [0.717, 1.165) is 19.3 Å². The van der Waals surface area contributed by atoms with E-state index < -0.39 is 5.54 Å². The van der Waals surface area contributed by atoms with Crippen LogP contribution in [0.5, 0.6) is 0 Å². The Morgan fingerprint density at radius 1 is 1.59 bits per heavy atom. The summed E-state index contributed by atoms with van der Waals surface area (Å²) in [5.74, 6) is 1.78. The lowest BCUT2D eigenvalue weighted by Crippen LogP contribution is -2.42. The van der Waals surface area contributed by atoms with E-state index in [0.29, 0.717) is 30.8 Å². The van der Waals surface area contributed by atoms with Crippen LogP contribution in [0, 0.1) is 5.92 Å². The minimum Gasteiger partial charge on any atom is -0.372 e. The molecule has 0 aromatic carbocycles. The third-order valence-electron chi connectivity index (χ3n) is 3.38. The van der Waals surface area contributed by atoms with Crippen molar-refractivity contribution in [1.82, 2.24) is 10.1 Å². The molecule has 0 amide bonds. The number of nitrogens with two attached hydrogens (primary N) is 1. The third-order valence-corrected chi connectivity index (χ3v) is 3.38. The van der Waals surface area contributed by atoms with Crippen molar-refractivity contribution in [3.63, 3.8) is 0 Å². The Labute approximate surface area is 102 Å². The first-order valence-corrected chi connectivity index (χ1v) is 6.34. The fourth-order valence-corrected chi connectivity index (χ4v) is 2.50. The molecule has 0 saturated heterocycles. The maximum Gasteiger partial charge on any atom is 0.252 e. The van der Waals surface area contributed by atoms with Gasteiger partial charge in [0.15, 0.2) is 5.82 Å². The Balaban J connectivity index is 2.07. The van der Waals surface area contributed by atoms with Gasteiger partial charge in [0, 0.05) is 6.61 Å². The van der Waals surface area contributed by atoms with Crippen LogP contribution in [0.2, 0.25) is 0 Å². The summed E-state index contributed by atoms with van der Waals surface area (Å²) < 4.78 is 10.4. The monoisotopic (exact) mass is 239 g/mol. The predicted molar refractivity (Wildman–Crippen MR) is 63.1 cm³/mol. The van der Waals surface area contributed by atoms with Gasteiger partial charge in [-0.05, 0) is 25.7 Å². The Morgan fingerprint density at radius 3 is 3.12 bits per heavy atom. The van der Waals surface area contributed by atoms with Crippen LogP contribution in [0.1, 0.15) is 51.2 Å². The molecular weight excluding hydrogens is 218 g/mol. The SMILES string of the molecule is CCOCc1nc(C2(N)CCCC(C)C2)no1. The molecule has 0 bridgehead atoms. The average molecular weight is 239 g/mol. The smallest absolute Gasteiger partial charge is 0.252 e. The molecule has 1 fully saturated rings. The molecule has 17 heavy (non-hydrogen) atoms. The summed E-state index contributed by atoms with van der Waals surface area (Å²) in [6.07, 6.45) is 4.24. The zero-order chi connectivity index (χ0) is 12.3. The minimum absolute atomic E-state index is 0.370. The summed E-state index contributed by atoms with van der Waals surface area (Å²) >= 11 is 0. The molecule has 5 nitrogen and oxygen atoms in total. The summed E-state index contributed by atoms with van der Waals surface area (Å²) in [4.78, 5) is 4.35. The lowest BCUT2D eigenvalue weighted by atomic mass is 9.76. The highest BCUT2D eigenvalue weighted by Crippen LogP contribution is 2.36. The van der Waals surface area contributed by atoms with Crippen molar-refractivity contribution in [2.75, 3.05) is 6.61 Å². The zero-order valence-electron chi connectivity index (χ0n) is 10.6. The van der Waals surface area contributed by atoms with Gasteiger partial charge in [-0.25, -0.2) is 0 Å². The van der Waals surface area contributed by atoms with Crippen molar-refractivity contribution in [3.8, 4) is 0 Å². The van der Waals surface area contributed by atoms with Crippen molar-refractivity contribution in [2.24, 2.45) is 11.7 Å². The van der Waals surface area contributed by atoms with Crippen molar-refractivity contribution < 1.29 is 9.26 Å². The molecule has 1 saturated carbocycles. The van der Waals surface area contributed by atoms with E-state index in [1.54, 1.807) is 0 Å². The van der Waals surface area contributed by atoms with E-state index in [1.807, 2.05) is 6.92 Å². The zero-order valence-corrected chi connectivity index (χ0v) is 10.6.